The van der Waals surface area contributed by atoms with Crippen molar-refractivity contribution in [2.75, 3.05) is 6.54 Å². The molecule has 0 aliphatic heterocycles. The van der Waals surface area contributed by atoms with Crippen LogP contribution in [0, 0.1) is 6.92 Å². The first-order valence-corrected chi connectivity index (χ1v) is 6.05. The van der Waals surface area contributed by atoms with Gasteiger partial charge in [0.25, 0.3) is 5.91 Å². The number of carbonyl (C=O) groups is 1. The van der Waals surface area contributed by atoms with E-state index in [1.807, 2.05) is 25.1 Å². The van der Waals surface area contributed by atoms with Crippen molar-refractivity contribution in [1.82, 2.24) is 5.32 Å². The van der Waals surface area contributed by atoms with E-state index < -0.39 is 0 Å². The van der Waals surface area contributed by atoms with Gasteiger partial charge in [-0.15, -0.1) is 0 Å². The fourth-order valence-corrected chi connectivity index (χ4v) is 1.83. The minimum Gasteiger partial charge on any atom is -0.459 e. The van der Waals surface area contributed by atoms with Crippen LogP contribution in [-0.2, 0) is 0 Å². The monoisotopic (exact) mass is 243 g/mol. The maximum atomic E-state index is 11.9. The van der Waals surface area contributed by atoms with Crippen LogP contribution in [0.25, 0.3) is 0 Å². The van der Waals surface area contributed by atoms with Crippen LogP contribution in [0.2, 0.25) is 0 Å². The number of amides is 1. The molecule has 0 unspecified atom stereocenters. The van der Waals surface area contributed by atoms with Gasteiger partial charge in [-0.05, 0) is 24.5 Å². The molecule has 2 aromatic rings. The highest BCUT2D eigenvalue weighted by atomic mass is 16.3. The minimum absolute atomic E-state index is 0.153. The Balaban J connectivity index is 1.93. The van der Waals surface area contributed by atoms with Crippen LogP contribution in [0.4, 0.5) is 0 Å². The number of hydrogen-bond acceptors (Lipinski definition) is 2. The van der Waals surface area contributed by atoms with E-state index in [0.717, 1.165) is 5.56 Å². The van der Waals surface area contributed by atoms with Crippen molar-refractivity contribution < 1.29 is 9.21 Å². The van der Waals surface area contributed by atoms with Gasteiger partial charge in [0.2, 0.25) is 0 Å². The topological polar surface area (TPSA) is 42.2 Å². The smallest absolute Gasteiger partial charge is 0.287 e. The van der Waals surface area contributed by atoms with E-state index in [1.165, 1.54) is 11.8 Å². The fourth-order valence-electron chi connectivity index (χ4n) is 1.83. The molecule has 0 aliphatic rings. The third-order valence-corrected chi connectivity index (χ3v) is 3.01. The van der Waals surface area contributed by atoms with Crippen LogP contribution in [0.15, 0.2) is 47.1 Å². The summed E-state index contributed by atoms with van der Waals surface area (Å²) in [5.74, 6) is 0.529. The molecule has 0 spiro atoms. The van der Waals surface area contributed by atoms with Crippen LogP contribution >= 0.6 is 0 Å². The largest absolute Gasteiger partial charge is 0.459 e. The van der Waals surface area contributed by atoms with Gasteiger partial charge in [0.1, 0.15) is 0 Å². The Morgan fingerprint density at radius 1 is 1.28 bits per heavy atom. The second-order valence-corrected chi connectivity index (χ2v) is 4.45. The van der Waals surface area contributed by atoms with Crippen molar-refractivity contribution >= 4 is 5.91 Å². The zero-order valence-corrected chi connectivity index (χ0v) is 10.6. The quantitative estimate of drug-likeness (QED) is 0.896. The number of aryl methyl sites for hydroxylation is 1. The number of hydrogen-bond donors (Lipinski definition) is 1. The van der Waals surface area contributed by atoms with Gasteiger partial charge in [-0.1, -0.05) is 37.3 Å². The van der Waals surface area contributed by atoms with Gasteiger partial charge in [-0.25, -0.2) is 0 Å². The highest BCUT2D eigenvalue weighted by molar-refractivity contribution is 5.92. The average Bonchev–Trinajstić information content (AvgIpc) is 2.83. The van der Waals surface area contributed by atoms with Gasteiger partial charge in [0.15, 0.2) is 5.76 Å². The standard InChI is InChI=1S/C15H17NO2/c1-11-8-9-18-14(11)15(17)16-10-12(2)13-6-4-3-5-7-13/h3-9,12H,10H2,1-2H3,(H,16,17)/t12-/m0/s1. The predicted octanol–water partition coefficient (Wildman–Crippen LogP) is 3.12. The Bertz CT molecular complexity index is 516. The Kier molecular flexibility index (Phi) is 3.82. The van der Waals surface area contributed by atoms with Gasteiger partial charge >= 0.3 is 0 Å². The molecular formula is C15H17NO2. The lowest BCUT2D eigenvalue weighted by Gasteiger charge is -2.12. The maximum Gasteiger partial charge on any atom is 0.287 e. The summed E-state index contributed by atoms with van der Waals surface area (Å²) in [7, 11) is 0. The van der Waals surface area contributed by atoms with E-state index in [9.17, 15) is 4.79 Å². The Hall–Kier alpha value is -2.03. The number of carbonyl (C=O) groups excluding carboxylic acids is 1. The number of furan rings is 1. The third kappa shape index (κ3) is 2.80. The van der Waals surface area contributed by atoms with Crippen molar-refractivity contribution in [3.63, 3.8) is 0 Å². The molecule has 0 bridgehead atoms. The Labute approximate surface area is 107 Å². The molecule has 1 amide bonds. The highest BCUT2D eigenvalue weighted by Crippen LogP contribution is 2.14. The highest BCUT2D eigenvalue weighted by Gasteiger charge is 2.13. The second kappa shape index (κ2) is 5.54. The molecular weight excluding hydrogens is 226 g/mol. The molecule has 0 saturated heterocycles. The number of benzene rings is 1. The van der Waals surface area contributed by atoms with Gasteiger partial charge in [0.05, 0.1) is 6.26 Å². The lowest BCUT2D eigenvalue weighted by molar-refractivity contribution is 0.0923. The molecule has 0 radical (unpaired) electrons. The molecule has 0 fully saturated rings. The normalized spacial score (nSPS) is 12.1. The van der Waals surface area contributed by atoms with Gasteiger partial charge < -0.3 is 9.73 Å². The summed E-state index contributed by atoms with van der Waals surface area (Å²) in [6.45, 7) is 4.55. The second-order valence-electron chi connectivity index (χ2n) is 4.45. The average molecular weight is 243 g/mol. The van der Waals surface area contributed by atoms with E-state index in [4.69, 9.17) is 4.42 Å². The van der Waals surface area contributed by atoms with Crippen LogP contribution in [0.5, 0.6) is 0 Å². The molecule has 1 aromatic heterocycles. The lowest BCUT2D eigenvalue weighted by atomic mass is 10.0. The molecule has 2 rings (SSSR count). The summed E-state index contributed by atoms with van der Waals surface area (Å²) in [6, 6.07) is 11.9. The Morgan fingerprint density at radius 2 is 2.00 bits per heavy atom. The summed E-state index contributed by atoms with van der Waals surface area (Å²) in [5, 5.41) is 2.89. The Morgan fingerprint density at radius 3 is 2.61 bits per heavy atom. The molecule has 18 heavy (non-hydrogen) atoms. The maximum absolute atomic E-state index is 11.9. The van der Waals surface area contributed by atoms with E-state index in [2.05, 4.69) is 24.4 Å². The summed E-state index contributed by atoms with van der Waals surface area (Å²) in [6.07, 6.45) is 1.53. The molecule has 0 saturated carbocycles. The van der Waals surface area contributed by atoms with Gasteiger partial charge in [0, 0.05) is 12.1 Å². The summed E-state index contributed by atoms with van der Waals surface area (Å²) < 4.78 is 5.15. The lowest BCUT2D eigenvalue weighted by Crippen LogP contribution is -2.27. The predicted molar refractivity (Wildman–Crippen MR) is 70.6 cm³/mol. The van der Waals surface area contributed by atoms with Crippen LogP contribution in [-0.4, -0.2) is 12.5 Å². The molecule has 1 atom stereocenters. The first-order valence-electron chi connectivity index (χ1n) is 6.05. The first kappa shape index (κ1) is 12.4. The van der Waals surface area contributed by atoms with Crippen molar-refractivity contribution in [1.29, 1.82) is 0 Å². The molecule has 3 nitrogen and oxygen atoms in total. The fraction of sp³-hybridized carbons (Fsp3) is 0.267. The van der Waals surface area contributed by atoms with Crippen LogP contribution in [0.1, 0.15) is 34.5 Å². The van der Waals surface area contributed by atoms with E-state index in [0.29, 0.717) is 12.3 Å². The number of rotatable bonds is 4. The van der Waals surface area contributed by atoms with Gasteiger partial charge in [-0.3, -0.25) is 4.79 Å². The first-order chi connectivity index (χ1) is 8.68. The summed E-state index contributed by atoms with van der Waals surface area (Å²) in [5.41, 5.74) is 2.08. The zero-order chi connectivity index (χ0) is 13.0. The SMILES string of the molecule is Cc1ccoc1C(=O)NC[C@H](C)c1ccccc1. The van der Waals surface area contributed by atoms with Crippen molar-refractivity contribution in [2.45, 2.75) is 19.8 Å². The van der Waals surface area contributed by atoms with Crippen molar-refractivity contribution in [2.24, 2.45) is 0 Å². The van der Waals surface area contributed by atoms with E-state index in [1.54, 1.807) is 6.07 Å². The van der Waals surface area contributed by atoms with Crippen molar-refractivity contribution in [3.8, 4) is 0 Å². The third-order valence-electron chi connectivity index (χ3n) is 3.01. The minimum atomic E-state index is -0.153. The van der Waals surface area contributed by atoms with Gasteiger partial charge in [-0.2, -0.15) is 0 Å². The molecule has 1 heterocycles. The number of nitrogens with one attached hydrogen (secondary N) is 1. The molecule has 1 aromatic carbocycles. The molecule has 0 aliphatic carbocycles. The summed E-state index contributed by atoms with van der Waals surface area (Å²) in [4.78, 5) is 11.9. The summed E-state index contributed by atoms with van der Waals surface area (Å²) >= 11 is 0. The van der Waals surface area contributed by atoms with E-state index >= 15 is 0 Å². The molecule has 3 heteroatoms. The molecule has 94 valence electrons. The van der Waals surface area contributed by atoms with Crippen molar-refractivity contribution in [3.05, 3.63) is 59.5 Å². The molecule has 1 N–H and O–H groups in total. The van der Waals surface area contributed by atoms with Crippen LogP contribution < -0.4 is 5.32 Å². The van der Waals surface area contributed by atoms with Crippen LogP contribution in [0.3, 0.4) is 0 Å². The zero-order valence-electron chi connectivity index (χ0n) is 10.6. The van der Waals surface area contributed by atoms with E-state index in [-0.39, 0.29) is 11.8 Å².